The summed E-state index contributed by atoms with van der Waals surface area (Å²) >= 11 is 0. The average Bonchev–Trinajstić information content (AvgIpc) is 2.54. The monoisotopic (exact) mass is 299 g/mol. The number of carbonyl (C=O) groups excluding carboxylic acids is 1. The van der Waals surface area contributed by atoms with Gasteiger partial charge in [0, 0.05) is 6.54 Å². The minimum Gasteiger partial charge on any atom is -0.489 e. The van der Waals surface area contributed by atoms with Crippen molar-refractivity contribution >= 4 is 5.97 Å². The topological polar surface area (TPSA) is 38.8 Å². The quantitative estimate of drug-likeness (QED) is 0.737. The van der Waals surface area contributed by atoms with Crippen molar-refractivity contribution in [2.75, 3.05) is 27.2 Å². The van der Waals surface area contributed by atoms with Crippen molar-refractivity contribution < 1.29 is 14.3 Å². The lowest BCUT2D eigenvalue weighted by Crippen LogP contribution is -2.20. The standard InChI is InChI=1S/C18H21NO3/c1-19(2)12-13-21-18(20)16-8-10-17(11-9-16)22-14-15-6-4-3-5-7-15/h3-11H,12-14H2,1-2H3. The number of hydrogen-bond donors (Lipinski definition) is 0. The number of carbonyl (C=O) groups is 1. The minimum atomic E-state index is -0.309. The van der Waals surface area contributed by atoms with E-state index in [0.717, 1.165) is 11.3 Å². The fraction of sp³-hybridized carbons (Fsp3) is 0.278. The predicted molar refractivity (Wildman–Crippen MR) is 86.1 cm³/mol. The van der Waals surface area contributed by atoms with Crippen LogP contribution in [0.2, 0.25) is 0 Å². The summed E-state index contributed by atoms with van der Waals surface area (Å²) < 4.78 is 10.9. The first-order chi connectivity index (χ1) is 10.6. The smallest absolute Gasteiger partial charge is 0.338 e. The first-order valence-corrected chi connectivity index (χ1v) is 7.24. The van der Waals surface area contributed by atoms with Gasteiger partial charge in [-0.05, 0) is 43.9 Å². The molecule has 0 saturated heterocycles. The Kier molecular flexibility index (Phi) is 5.98. The van der Waals surface area contributed by atoms with Crippen LogP contribution in [-0.2, 0) is 11.3 Å². The number of ether oxygens (including phenoxy) is 2. The van der Waals surface area contributed by atoms with Gasteiger partial charge < -0.3 is 14.4 Å². The van der Waals surface area contributed by atoms with Gasteiger partial charge in [0.15, 0.2) is 0 Å². The summed E-state index contributed by atoms with van der Waals surface area (Å²) in [6, 6.07) is 17.0. The second-order valence-electron chi connectivity index (χ2n) is 5.24. The van der Waals surface area contributed by atoms with Crippen molar-refractivity contribution in [2.24, 2.45) is 0 Å². The van der Waals surface area contributed by atoms with E-state index >= 15 is 0 Å². The van der Waals surface area contributed by atoms with E-state index < -0.39 is 0 Å². The van der Waals surface area contributed by atoms with Crippen LogP contribution >= 0.6 is 0 Å². The fourth-order valence-corrected chi connectivity index (χ4v) is 1.83. The molecule has 0 amide bonds. The van der Waals surface area contributed by atoms with Gasteiger partial charge in [-0.2, -0.15) is 0 Å². The Morgan fingerprint density at radius 3 is 2.32 bits per heavy atom. The van der Waals surface area contributed by atoms with Gasteiger partial charge in [0.1, 0.15) is 19.0 Å². The number of nitrogens with zero attached hydrogens (tertiary/aromatic N) is 1. The highest BCUT2D eigenvalue weighted by atomic mass is 16.5. The van der Waals surface area contributed by atoms with Crippen LogP contribution in [0.4, 0.5) is 0 Å². The normalized spacial score (nSPS) is 10.5. The third kappa shape index (κ3) is 5.22. The van der Waals surface area contributed by atoms with Gasteiger partial charge in [-0.15, -0.1) is 0 Å². The zero-order chi connectivity index (χ0) is 15.8. The van der Waals surface area contributed by atoms with E-state index in [1.54, 1.807) is 24.3 Å². The Morgan fingerprint density at radius 2 is 1.68 bits per heavy atom. The molecule has 0 heterocycles. The van der Waals surface area contributed by atoms with Crippen molar-refractivity contribution in [3.05, 3.63) is 65.7 Å². The van der Waals surface area contributed by atoms with Gasteiger partial charge in [-0.1, -0.05) is 30.3 Å². The molecule has 0 aromatic heterocycles. The summed E-state index contributed by atoms with van der Waals surface area (Å²) in [4.78, 5) is 13.8. The number of hydrogen-bond acceptors (Lipinski definition) is 4. The number of likely N-dealkylation sites (N-methyl/N-ethyl adjacent to an activating group) is 1. The summed E-state index contributed by atoms with van der Waals surface area (Å²) in [6.07, 6.45) is 0. The third-order valence-electron chi connectivity index (χ3n) is 3.11. The summed E-state index contributed by atoms with van der Waals surface area (Å²) in [5.74, 6) is 0.421. The molecule has 0 fully saturated rings. The molecule has 0 bridgehead atoms. The minimum absolute atomic E-state index is 0.309. The second-order valence-corrected chi connectivity index (χ2v) is 5.24. The highest BCUT2D eigenvalue weighted by Crippen LogP contribution is 2.14. The maximum atomic E-state index is 11.8. The molecule has 22 heavy (non-hydrogen) atoms. The second kappa shape index (κ2) is 8.20. The van der Waals surface area contributed by atoms with Crippen LogP contribution in [0.1, 0.15) is 15.9 Å². The summed E-state index contributed by atoms with van der Waals surface area (Å²) in [7, 11) is 3.87. The van der Waals surface area contributed by atoms with E-state index in [4.69, 9.17) is 9.47 Å². The lowest BCUT2D eigenvalue weighted by Gasteiger charge is -2.10. The molecule has 0 radical (unpaired) electrons. The Morgan fingerprint density at radius 1 is 1.00 bits per heavy atom. The van der Waals surface area contributed by atoms with Crippen molar-refractivity contribution in [3.8, 4) is 5.75 Å². The van der Waals surface area contributed by atoms with Crippen molar-refractivity contribution in [2.45, 2.75) is 6.61 Å². The molecule has 4 heteroatoms. The Hall–Kier alpha value is -2.33. The van der Waals surface area contributed by atoms with Gasteiger partial charge in [-0.3, -0.25) is 0 Å². The number of rotatable bonds is 7. The molecule has 2 aromatic rings. The van der Waals surface area contributed by atoms with Gasteiger partial charge in [0.2, 0.25) is 0 Å². The zero-order valence-electron chi connectivity index (χ0n) is 13.0. The highest BCUT2D eigenvalue weighted by Gasteiger charge is 2.07. The molecule has 2 rings (SSSR count). The molecular formula is C18H21NO3. The molecule has 0 aliphatic rings. The largest absolute Gasteiger partial charge is 0.489 e. The number of benzene rings is 2. The van der Waals surface area contributed by atoms with E-state index in [-0.39, 0.29) is 5.97 Å². The van der Waals surface area contributed by atoms with Crippen LogP contribution in [-0.4, -0.2) is 38.1 Å². The Labute approximate surface area is 131 Å². The molecule has 116 valence electrons. The van der Waals surface area contributed by atoms with Crippen molar-refractivity contribution in [1.29, 1.82) is 0 Å². The SMILES string of the molecule is CN(C)CCOC(=O)c1ccc(OCc2ccccc2)cc1. The maximum absolute atomic E-state index is 11.8. The lowest BCUT2D eigenvalue weighted by atomic mass is 10.2. The van der Waals surface area contributed by atoms with Gasteiger partial charge in [0.05, 0.1) is 5.56 Å². The zero-order valence-corrected chi connectivity index (χ0v) is 13.0. The molecule has 0 spiro atoms. The van der Waals surface area contributed by atoms with Gasteiger partial charge >= 0.3 is 5.97 Å². The molecular weight excluding hydrogens is 278 g/mol. The molecule has 0 aliphatic heterocycles. The van der Waals surface area contributed by atoms with Gasteiger partial charge in [-0.25, -0.2) is 4.79 Å². The van der Waals surface area contributed by atoms with Crippen LogP contribution in [0.5, 0.6) is 5.75 Å². The van der Waals surface area contributed by atoms with Crippen molar-refractivity contribution in [3.63, 3.8) is 0 Å². The number of esters is 1. The maximum Gasteiger partial charge on any atom is 0.338 e. The van der Waals surface area contributed by atoms with E-state index in [2.05, 4.69) is 0 Å². The first kappa shape index (κ1) is 16.0. The molecule has 0 saturated carbocycles. The predicted octanol–water partition coefficient (Wildman–Crippen LogP) is 2.98. The summed E-state index contributed by atoms with van der Waals surface area (Å²) in [5.41, 5.74) is 1.64. The molecule has 0 N–H and O–H groups in total. The molecule has 0 atom stereocenters. The fourth-order valence-electron chi connectivity index (χ4n) is 1.83. The van der Waals surface area contributed by atoms with E-state index in [9.17, 15) is 4.79 Å². The van der Waals surface area contributed by atoms with Crippen LogP contribution in [0.3, 0.4) is 0 Å². The summed E-state index contributed by atoms with van der Waals surface area (Å²) in [5, 5.41) is 0. The van der Waals surface area contributed by atoms with Crippen molar-refractivity contribution in [1.82, 2.24) is 4.90 Å². The molecule has 2 aromatic carbocycles. The first-order valence-electron chi connectivity index (χ1n) is 7.24. The molecule has 0 unspecified atom stereocenters. The Balaban J connectivity index is 1.83. The average molecular weight is 299 g/mol. The Bertz CT molecular complexity index is 579. The molecule has 4 nitrogen and oxygen atoms in total. The van der Waals surface area contributed by atoms with Crippen LogP contribution in [0.25, 0.3) is 0 Å². The summed E-state index contributed by atoms with van der Waals surface area (Å²) in [6.45, 7) is 1.61. The van der Waals surface area contributed by atoms with E-state index in [1.807, 2.05) is 49.3 Å². The lowest BCUT2D eigenvalue weighted by molar-refractivity contribution is 0.0482. The van der Waals surface area contributed by atoms with Crippen LogP contribution in [0.15, 0.2) is 54.6 Å². The van der Waals surface area contributed by atoms with Crippen LogP contribution < -0.4 is 4.74 Å². The third-order valence-corrected chi connectivity index (χ3v) is 3.11. The van der Waals surface area contributed by atoms with E-state index in [1.165, 1.54) is 0 Å². The van der Waals surface area contributed by atoms with E-state index in [0.29, 0.717) is 25.3 Å². The molecule has 0 aliphatic carbocycles. The highest BCUT2D eigenvalue weighted by molar-refractivity contribution is 5.89. The van der Waals surface area contributed by atoms with Crippen LogP contribution in [0, 0.1) is 0 Å². The van der Waals surface area contributed by atoms with Gasteiger partial charge in [0.25, 0.3) is 0 Å².